The number of hydrogen-bond acceptors (Lipinski definition) is 3. The fourth-order valence-corrected chi connectivity index (χ4v) is 2.42. The van der Waals surface area contributed by atoms with Crippen molar-refractivity contribution < 1.29 is 4.79 Å². The summed E-state index contributed by atoms with van der Waals surface area (Å²) in [6.07, 6.45) is 7.27. The number of ketones is 1. The molecule has 1 unspecified atom stereocenters. The fraction of sp³-hybridized carbons (Fsp3) is 0.500. The Hall–Kier alpha value is -0.740. The van der Waals surface area contributed by atoms with E-state index in [0.29, 0.717) is 6.42 Å². The van der Waals surface area contributed by atoms with Crippen molar-refractivity contribution in [2.75, 3.05) is 6.54 Å². The molecule has 0 aromatic carbocycles. The van der Waals surface area contributed by atoms with Crippen molar-refractivity contribution in [2.24, 2.45) is 0 Å². The molecule has 3 nitrogen and oxygen atoms in total. The highest BCUT2D eigenvalue weighted by Gasteiger charge is 2.20. The van der Waals surface area contributed by atoms with Gasteiger partial charge in [0, 0.05) is 23.3 Å². The molecule has 86 valence electrons. The highest BCUT2D eigenvalue weighted by Crippen LogP contribution is 2.13. The van der Waals surface area contributed by atoms with Gasteiger partial charge < -0.3 is 5.32 Å². The summed E-state index contributed by atoms with van der Waals surface area (Å²) in [5, 5.41) is 3.27. The molecule has 4 heteroatoms. The van der Waals surface area contributed by atoms with Crippen molar-refractivity contribution >= 4 is 21.7 Å². The van der Waals surface area contributed by atoms with Gasteiger partial charge in [-0.05, 0) is 46.9 Å². The summed E-state index contributed by atoms with van der Waals surface area (Å²) in [4.78, 5) is 16.0. The Labute approximate surface area is 104 Å². The Morgan fingerprint density at radius 2 is 2.38 bits per heavy atom. The van der Waals surface area contributed by atoms with Gasteiger partial charge >= 0.3 is 0 Å². The lowest BCUT2D eigenvalue weighted by Crippen LogP contribution is -2.41. The Balaban J connectivity index is 1.96. The van der Waals surface area contributed by atoms with Crippen molar-refractivity contribution in [3.8, 4) is 0 Å². The summed E-state index contributed by atoms with van der Waals surface area (Å²) in [5.41, 5.74) is 0.978. The maximum Gasteiger partial charge on any atom is 0.154 e. The molecule has 2 rings (SSSR count). The Bertz CT molecular complexity index is 375. The molecule has 1 aromatic heterocycles. The maximum absolute atomic E-state index is 12.0. The number of halogens is 1. The molecule has 0 radical (unpaired) electrons. The average Bonchev–Trinajstić information content (AvgIpc) is 2.30. The van der Waals surface area contributed by atoms with Crippen LogP contribution in [0.1, 0.15) is 24.8 Å². The second-order valence-corrected chi connectivity index (χ2v) is 5.07. The van der Waals surface area contributed by atoms with E-state index < -0.39 is 0 Å². The van der Waals surface area contributed by atoms with Crippen LogP contribution in [0.2, 0.25) is 0 Å². The summed E-state index contributed by atoms with van der Waals surface area (Å²) in [6.45, 7) is 0.965. The van der Waals surface area contributed by atoms with E-state index in [1.807, 2.05) is 6.07 Å². The number of rotatable bonds is 3. The van der Waals surface area contributed by atoms with Crippen molar-refractivity contribution in [1.82, 2.24) is 10.3 Å². The predicted octanol–water partition coefficient (Wildman–Crippen LogP) is 2.10. The zero-order chi connectivity index (χ0) is 11.4. The lowest BCUT2D eigenvalue weighted by atomic mass is 9.97. The van der Waals surface area contributed by atoms with Gasteiger partial charge in [-0.15, -0.1) is 0 Å². The molecule has 1 aliphatic heterocycles. The average molecular weight is 283 g/mol. The van der Waals surface area contributed by atoms with Crippen molar-refractivity contribution in [2.45, 2.75) is 31.7 Å². The highest BCUT2D eigenvalue weighted by atomic mass is 79.9. The SMILES string of the molecule is O=C(Cc1cncc(Br)c1)C1CCCCN1. The van der Waals surface area contributed by atoms with Crippen LogP contribution in [-0.4, -0.2) is 23.4 Å². The lowest BCUT2D eigenvalue weighted by molar-refractivity contribution is -0.120. The monoisotopic (exact) mass is 282 g/mol. The van der Waals surface area contributed by atoms with E-state index in [2.05, 4.69) is 26.2 Å². The molecule has 0 bridgehead atoms. The van der Waals surface area contributed by atoms with Gasteiger partial charge in [0.1, 0.15) is 0 Å². The van der Waals surface area contributed by atoms with Gasteiger partial charge in [-0.1, -0.05) is 6.42 Å². The molecule has 0 spiro atoms. The molecule has 16 heavy (non-hydrogen) atoms. The van der Waals surface area contributed by atoms with E-state index in [-0.39, 0.29) is 11.8 Å². The van der Waals surface area contributed by atoms with Crippen molar-refractivity contribution in [3.05, 3.63) is 28.5 Å². The number of nitrogens with one attached hydrogen (secondary N) is 1. The van der Waals surface area contributed by atoms with Crippen molar-refractivity contribution in [1.29, 1.82) is 0 Å². The minimum absolute atomic E-state index is 0.0488. The smallest absolute Gasteiger partial charge is 0.154 e. The normalized spacial score (nSPS) is 20.7. The minimum Gasteiger partial charge on any atom is -0.307 e. The lowest BCUT2D eigenvalue weighted by Gasteiger charge is -2.22. The molecule has 1 saturated heterocycles. The minimum atomic E-state index is 0.0488. The first kappa shape index (κ1) is 11.7. The zero-order valence-corrected chi connectivity index (χ0v) is 10.7. The first-order chi connectivity index (χ1) is 7.75. The summed E-state index contributed by atoms with van der Waals surface area (Å²) in [7, 11) is 0. The quantitative estimate of drug-likeness (QED) is 0.923. The van der Waals surface area contributed by atoms with Crippen LogP contribution in [0, 0.1) is 0 Å². The van der Waals surface area contributed by atoms with Crippen LogP contribution in [0.3, 0.4) is 0 Å². The predicted molar refractivity (Wildman–Crippen MR) is 66.3 cm³/mol. The number of hydrogen-bond donors (Lipinski definition) is 1. The van der Waals surface area contributed by atoms with Gasteiger partial charge in [-0.25, -0.2) is 0 Å². The first-order valence-corrected chi connectivity index (χ1v) is 6.40. The molecule has 0 amide bonds. The Kier molecular flexibility index (Phi) is 4.07. The van der Waals surface area contributed by atoms with E-state index >= 15 is 0 Å². The number of Topliss-reactive ketones (excluding diaryl/α,β-unsaturated/α-hetero) is 1. The van der Waals surface area contributed by atoms with Crippen LogP contribution in [0.25, 0.3) is 0 Å². The molecule has 0 saturated carbocycles. The summed E-state index contributed by atoms with van der Waals surface area (Å²) >= 11 is 3.36. The molecule has 1 atom stereocenters. The second kappa shape index (κ2) is 5.55. The summed E-state index contributed by atoms with van der Waals surface area (Å²) in [6, 6.07) is 2.00. The number of pyridine rings is 1. The van der Waals surface area contributed by atoms with E-state index in [4.69, 9.17) is 0 Å². The van der Waals surface area contributed by atoms with Gasteiger partial charge in [0.2, 0.25) is 0 Å². The fourth-order valence-electron chi connectivity index (χ4n) is 2.00. The third-order valence-electron chi connectivity index (χ3n) is 2.84. The number of aromatic nitrogens is 1. The van der Waals surface area contributed by atoms with Crippen LogP contribution < -0.4 is 5.32 Å². The van der Waals surface area contributed by atoms with Crippen molar-refractivity contribution in [3.63, 3.8) is 0 Å². The van der Waals surface area contributed by atoms with E-state index in [9.17, 15) is 4.79 Å². The molecular weight excluding hydrogens is 268 g/mol. The van der Waals surface area contributed by atoms with Gasteiger partial charge in [0.05, 0.1) is 6.04 Å². The Morgan fingerprint density at radius 1 is 1.50 bits per heavy atom. The topological polar surface area (TPSA) is 42.0 Å². The van der Waals surface area contributed by atoms with Gasteiger partial charge in [0.15, 0.2) is 5.78 Å². The number of carbonyl (C=O) groups excluding carboxylic acids is 1. The molecular formula is C12H15BrN2O. The summed E-state index contributed by atoms with van der Waals surface area (Å²) < 4.78 is 0.925. The molecule has 1 N–H and O–H groups in total. The third-order valence-corrected chi connectivity index (χ3v) is 3.27. The molecule has 1 fully saturated rings. The number of carbonyl (C=O) groups is 1. The first-order valence-electron chi connectivity index (χ1n) is 5.61. The van der Waals surface area contributed by atoms with Gasteiger partial charge in [-0.2, -0.15) is 0 Å². The standard InChI is InChI=1S/C12H15BrN2O/c13-10-5-9(7-14-8-10)6-12(16)11-3-1-2-4-15-11/h5,7-8,11,15H,1-4,6H2. The van der Waals surface area contributed by atoms with Gasteiger partial charge in [0.25, 0.3) is 0 Å². The molecule has 0 aliphatic carbocycles. The molecule has 2 heterocycles. The third kappa shape index (κ3) is 3.12. The number of piperidine rings is 1. The summed E-state index contributed by atoms with van der Waals surface area (Å²) in [5.74, 6) is 0.277. The van der Waals surface area contributed by atoms with E-state index in [0.717, 1.165) is 29.4 Å². The number of nitrogens with zero attached hydrogens (tertiary/aromatic N) is 1. The maximum atomic E-state index is 12.0. The Morgan fingerprint density at radius 3 is 3.06 bits per heavy atom. The molecule has 1 aliphatic rings. The van der Waals surface area contributed by atoms with E-state index in [1.165, 1.54) is 6.42 Å². The zero-order valence-electron chi connectivity index (χ0n) is 9.08. The van der Waals surface area contributed by atoms with Crippen LogP contribution in [0.15, 0.2) is 22.9 Å². The largest absolute Gasteiger partial charge is 0.307 e. The van der Waals surface area contributed by atoms with E-state index in [1.54, 1.807) is 12.4 Å². The van der Waals surface area contributed by atoms with Crippen LogP contribution in [0.5, 0.6) is 0 Å². The van der Waals surface area contributed by atoms with Crippen LogP contribution in [0.4, 0.5) is 0 Å². The molecule has 1 aromatic rings. The van der Waals surface area contributed by atoms with Crippen LogP contribution in [-0.2, 0) is 11.2 Å². The van der Waals surface area contributed by atoms with Gasteiger partial charge in [-0.3, -0.25) is 9.78 Å². The second-order valence-electron chi connectivity index (χ2n) is 4.16. The van der Waals surface area contributed by atoms with Crippen LogP contribution >= 0.6 is 15.9 Å². The highest BCUT2D eigenvalue weighted by molar-refractivity contribution is 9.10.